The first-order valence-electron chi connectivity index (χ1n) is 21.4. The molecule has 4 bridgehead atoms. The molecular formula is C46H52N2O14. The van der Waals surface area contributed by atoms with Crippen molar-refractivity contribution < 1.29 is 67.3 Å². The van der Waals surface area contributed by atoms with Gasteiger partial charge in [0.2, 0.25) is 0 Å². The molecule has 2 N–H and O–H groups in total. The van der Waals surface area contributed by atoms with Gasteiger partial charge in [0.15, 0.2) is 47.4 Å². The van der Waals surface area contributed by atoms with Crippen LogP contribution in [0.15, 0.2) is 47.9 Å². The Kier molecular flexibility index (Phi) is 9.35. The van der Waals surface area contributed by atoms with Crippen LogP contribution < -0.4 is 18.9 Å². The first-order valence-corrected chi connectivity index (χ1v) is 21.4. The fourth-order valence-corrected chi connectivity index (χ4v) is 12.4. The summed E-state index contributed by atoms with van der Waals surface area (Å²) in [5.41, 5.74) is -0.249. The van der Waals surface area contributed by atoms with E-state index >= 15 is 0 Å². The fourth-order valence-electron chi connectivity index (χ4n) is 12.4. The lowest BCUT2D eigenvalue weighted by Gasteiger charge is -2.61. The van der Waals surface area contributed by atoms with E-state index in [2.05, 4.69) is 9.80 Å². The van der Waals surface area contributed by atoms with Crippen molar-refractivity contribution in [3.63, 3.8) is 0 Å². The van der Waals surface area contributed by atoms with E-state index in [0.29, 0.717) is 61.8 Å². The third-order valence-electron chi connectivity index (χ3n) is 15.4. The van der Waals surface area contributed by atoms with Gasteiger partial charge >= 0.3 is 23.9 Å². The molecule has 10 rings (SSSR count). The largest absolute Gasteiger partial charge is 0.493 e. The Morgan fingerprint density at radius 1 is 0.694 bits per heavy atom. The van der Waals surface area contributed by atoms with E-state index in [1.165, 1.54) is 13.8 Å². The lowest BCUT2D eigenvalue weighted by molar-refractivity contribution is -0.176. The van der Waals surface area contributed by atoms with Crippen molar-refractivity contribution in [1.82, 2.24) is 9.80 Å². The molecule has 16 heteroatoms. The molecule has 0 unspecified atom stereocenters. The molecule has 0 saturated carbocycles. The highest BCUT2D eigenvalue weighted by Gasteiger charge is 2.73. The third-order valence-corrected chi connectivity index (χ3v) is 15.4. The molecule has 2 fully saturated rings. The minimum Gasteiger partial charge on any atom is -0.493 e. The van der Waals surface area contributed by atoms with Crippen LogP contribution in [0.3, 0.4) is 0 Å². The van der Waals surface area contributed by atoms with Gasteiger partial charge in [-0.2, -0.15) is 0 Å². The summed E-state index contributed by atoms with van der Waals surface area (Å²) >= 11 is 0. The van der Waals surface area contributed by atoms with Gasteiger partial charge in [-0.05, 0) is 102 Å². The number of methoxy groups -OCH3 is 2. The fraction of sp³-hybridized carbons (Fsp3) is 0.565. The second kappa shape index (κ2) is 14.2. The smallest absolute Gasteiger partial charge is 0.352 e. The molecule has 0 radical (unpaired) electrons. The minimum absolute atomic E-state index is 0.178. The van der Waals surface area contributed by atoms with Crippen molar-refractivity contribution in [1.29, 1.82) is 0 Å². The zero-order valence-corrected chi connectivity index (χ0v) is 35.7. The normalized spacial score (nSPS) is 33.8. The first kappa shape index (κ1) is 40.9. The van der Waals surface area contributed by atoms with Crippen LogP contribution in [0.2, 0.25) is 0 Å². The monoisotopic (exact) mass is 856 g/mol. The predicted molar refractivity (Wildman–Crippen MR) is 215 cm³/mol. The van der Waals surface area contributed by atoms with E-state index in [-0.39, 0.29) is 36.4 Å². The zero-order chi connectivity index (χ0) is 43.7. The van der Waals surface area contributed by atoms with E-state index in [9.17, 15) is 29.4 Å². The summed E-state index contributed by atoms with van der Waals surface area (Å²) in [5, 5.41) is 24.9. The van der Waals surface area contributed by atoms with Crippen LogP contribution in [-0.4, -0.2) is 133 Å². The summed E-state index contributed by atoms with van der Waals surface area (Å²) in [6, 6.07) is 7.37. The van der Waals surface area contributed by atoms with Gasteiger partial charge in [-0.1, -0.05) is 12.1 Å². The Morgan fingerprint density at radius 2 is 1.10 bits per heavy atom. The first-order chi connectivity index (χ1) is 29.6. The van der Waals surface area contributed by atoms with Crippen molar-refractivity contribution in [2.45, 2.75) is 124 Å². The maximum absolute atomic E-state index is 13.4. The van der Waals surface area contributed by atoms with Gasteiger partial charge in [-0.3, -0.25) is 9.59 Å². The number of ether oxygens (including phenoxy) is 8. The molecule has 2 aromatic rings. The molecule has 330 valence electrons. The zero-order valence-electron chi connectivity index (χ0n) is 35.7. The highest BCUT2D eigenvalue weighted by atomic mass is 16.6. The lowest BCUT2D eigenvalue weighted by Crippen LogP contribution is -2.74. The third kappa shape index (κ3) is 5.38. The standard InChI is InChI=1S/C46H52N2O14/c1-23(41(51)59-29-13-15-45(53)31-21-25-7-9-27(55-5)37-35(25)43(45,39(29)61-37)17-19-47(31)3)57-33(49)11-12-34(50)58-24(2)42(52)60-30-14-16-46(54)32-22-26-8-10-28(56-6)38-36(26)44(46,40(30)62-38)18-20-48(32)4/h7-10,13-14,23-24,31-32,39-40,53-54H,11-12,15-22H2,1-6H3/t23-,24-,31+,32+,39-,40-,43-,44-,45+,46+/m0/s1. The number of likely N-dealkylation sites (tertiary alicyclic amines) is 2. The number of carbonyl (C=O) groups is 4. The summed E-state index contributed by atoms with van der Waals surface area (Å²) in [5.74, 6) is -0.832. The molecule has 2 aromatic carbocycles. The predicted octanol–water partition coefficient (Wildman–Crippen LogP) is 2.69. The molecule has 4 aliphatic heterocycles. The Balaban J connectivity index is 0.753. The highest BCUT2D eigenvalue weighted by Crippen LogP contribution is 2.67. The Hall–Kier alpha value is -5.16. The van der Waals surface area contributed by atoms with E-state index in [4.69, 9.17) is 37.9 Å². The van der Waals surface area contributed by atoms with E-state index < -0.39 is 83.2 Å². The molecule has 0 aromatic heterocycles. The van der Waals surface area contributed by atoms with Gasteiger partial charge in [0, 0.05) is 36.1 Å². The number of piperidine rings is 2. The number of rotatable bonds is 11. The molecular weight excluding hydrogens is 805 g/mol. The van der Waals surface area contributed by atoms with Crippen molar-refractivity contribution in [3.05, 3.63) is 70.2 Å². The molecule has 16 nitrogen and oxygen atoms in total. The molecule has 0 amide bonds. The average Bonchev–Trinajstić information content (AvgIpc) is 3.79. The van der Waals surface area contributed by atoms with Gasteiger partial charge in [0.25, 0.3) is 0 Å². The summed E-state index contributed by atoms with van der Waals surface area (Å²) in [4.78, 5) is 57.0. The summed E-state index contributed by atoms with van der Waals surface area (Å²) in [7, 11) is 7.12. The number of nitrogens with zero attached hydrogens (tertiary/aromatic N) is 2. The van der Waals surface area contributed by atoms with E-state index in [0.717, 1.165) is 22.3 Å². The Morgan fingerprint density at radius 3 is 1.48 bits per heavy atom. The summed E-state index contributed by atoms with van der Waals surface area (Å²) < 4.78 is 46.9. The van der Waals surface area contributed by atoms with Crippen molar-refractivity contribution in [2.75, 3.05) is 41.4 Å². The number of hydrogen-bond acceptors (Lipinski definition) is 16. The number of esters is 4. The maximum atomic E-state index is 13.4. The van der Waals surface area contributed by atoms with Crippen molar-refractivity contribution >= 4 is 23.9 Å². The molecule has 4 heterocycles. The lowest BCUT2D eigenvalue weighted by atomic mass is 9.50. The second-order valence-corrected chi connectivity index (χ2v) is 18.2. The van der Waals surface area contributed by atoms with Crippen molar-refractivity contribution in [3.8, 4) is 23.0 Å². The highest BCUT2D eigenvalue weighted by molar-refractivity contribution is 5.84. The molecule has 10 atom stereocenters. The van der Waals surface area contributed by atoms with Crippen LogP contribution in [0.4, 0.5) is 0 Å². The Bertz CT molecular complexity index is 2200. The number of likely N-dealkylation sites (N-methyl/N-ethyl adjacent to an activating group) is 2. The number of benzene rings is 2. The minimum atomic E-state index is -1.35. The molecule has 8 aliphatic rings. The van der Waals surface area contributed by atoms with Gasteiger partial charge in [-0.25, -0.2) is 9.59 Å². The molecule has 4 aliphatic carbocycles. The molecule has 62 heavy (non-hydrogen) atoms. The summed E-state index contributed by atoms with van der Waals surface area (Å²) in [6.07, 6.45) is 1.01. The van der Waals surface area contributed by atoms with Gasteiger partial charge in [0.1, 0.15) is 11.5 Å². The van der Waals surface area contributed by atoms with Crippen LogP contribution in [-0.2, 0) is 61.8 Å². The molecule has 2 saturated heterocycles. The van der Waals surface area contributed by atoms with Crippen molar-refractivity contribution in [2.24, 2.45) is 0 Å². The maximum Gasteiger partial charge on any atom is 0.352 e. The van der Waals surface area contributed by atoms with Crippen LogP contribution in [0.25, 0.3) is 0 Å². The number of carbonyl (C=O) groups excluding carboxylic acids is 4. The quantitative estimate of drug-likeness (QED) is 0.248. The Labute approximate surface area is 358 Å². The van der Waals surface area contributed by atoms with E-state index in [1.807, 2.05) is 38.4 Å². The number of aliphatic hydroxyl groups is 2. The average molecular weight is 857 g/mol. The topological polar surface area (TPSA) is 189 Å². The number of hydrogen-bond donors (Lipinski definition) is 2. The SMILES string of the molecule is COc1ccc2c3c1O[C@H]1C(OC(=O)[C@H](C)OC(=O)CCC(=O)O[C@@H](C)C(=O)OC4=CC[C@@]5(O)[C@H]6Cc7ccc(OC)c8c7[C@@]5(CCN6C)[C@H]4O8)=CC[C@@]4(O)[C@@H](C2)N(C)CC[C@]314. The van der Waals surface area contributed by atoms with Crippen LogP contribution in [0.1, 0.15) is 74.6 Å². The van der Waals surface area contributed by atoms with Crippen LogP contribution in [0, 0.1) is 0 Å². The van der Waals surface area contributed by atoms with Crippen LogP contribution >= 0.6 is 0 Å². The summed E-state index contributed by atoms with van der Waals surface area (Å²) in [6.45, 7) is 4.14. The van der Waals surface area contributed by atoms with Crippen LogP contribution in [0.5, 0.6) is 23.0 Å². The van der Waals surface area contributed by atoms with Gasteiger partial charge < -0.3 is 57.9 Å². The van der Waals surface area contributed by atoms with Gasteiger partial charge in [0.05, 0.1) is 49.1 Å². The van der Waals surface area contributed by atoms with E-state index in [1.54, 1.807) is 26.4 Å². The molecule has 2 spiro atoms. The second-order valence-electron chi connectivity index (χ2n) is 18.2. The van der Waals surface area contributed by atoms with Gasteiger partial charge in [-0.15, -0.1) is 0 Å².